The zero-order valence-corrected chi connectivity index (χ0v) is 9.37. The predicted molar refractivity (Wildman–Crippen MR) is 63.1 cm³/mol. The summed E-state index contributed by atoms with van der Waals surface area (Å²) in [4.78, 5) is 4.25. The number of nitriles is 1. The summed E-state index contributed by atoms with van der Waals surface area (Å²) in [6.45, 7) is 0.551. The standard InChI is InChI=1S/C11H10N4S/c12-7-4-8-15-11(16)13-10(14-15)9-5-2-1-3-6-9/h1-3,5-6H,4,8H2,(H,13,14,16). The van der Waals surface area contributed by atoms with Crippen LogP contribution in [0.15, 0.2) is 30.3 Å². The Labute approximate surface area is 98.2 Å². The molecule has 0 saturated heterocycles. The van der Waals surface area contributed by atoms with Crippen LogP contribution in [0.25, 0.3) is 11.4 Å². The average molecular weight is 230 g/mol. The summed E-state index contributed by atoms with van der Waals surface area (Å²) in [5, 5.41) is 11.6. The predicted octanol–water partition coefficient (Wildman–Crippen LogP) is 2.52. The summed E-state index contributed by atoms with van der Waals surface area (Å²) < 4.78 is 2.19. The molecule has 0 fully saturated rings. The van der Waals surface area contributed by atoms with Gasteiger partial charge in [0.15, 0.2) is 5.82 Å². The summed E-state index contributed by atoms with van der Waals surface area (Å²) in [5.74, 6) is 0.739. The van der Waals surface area contributed by atoms with Gasteiger partial charge in [-0.25, -0.2) is 0 Å². The molecule has 0 amide bonds. The van der Waals surface area contributed by atoms with E-state index in [0.29, 0.717) is 17.7 Å². The highest BCUT2D eigenvalue weighted by molar-refractivity contribution is 7.71. The van der Waals surface area contributed by atoms with E-state index in [2.05, 4.69) is 16.2 Å². The zero-order valence-electron chi connectivity index (χ0n) is 8.55. The van der Waals surface area contributed by atoms with Crippen LogP contribution in [0.3, 0.4) is 0 Å². The Balaban J connectivity index is 2.32. The van der Waals surface area contributed by atoms with Crippen LogP contribution < -0.4 is 0 Å². The Morgan fingerprint density at radius 2 is 2.12 bits per heavy atom. The van der Waals surface area contributed by atoms with E-state index in [-0.39, 0.29) is 0 Å². The van der Waals surface area contributed by atoms with Crippen molar-refractivity contribution in [3.63, 3.8) is 0 Å². The molecule has 4 nitrogen and oxygen atoms in total. The van der Waals surface area contributed by atoms with Gasteiger partial charge in [-0.15, -0.1) is 0 Å². The highest BCUT2D eigenvalue weighted by Crippen LogP contribution is 2.13. The van der Waals surface area contributed by atoms with Crippen molar-refractivity contribution >= 4 is 12.2 Å². The lowest BCUT2D eigenvalue weighted by molar-refractivity contribution is 0.619. The van der Waals surface area contributed by atoms with E-state index in [1.54, 1.807) is 4.68 Å². The normalized spacial score (nSPS) is 9.94. The van der Waals surface area contributed by atoms with Crippen molar-refractivity contribution in [2.75, 3.05) is 0 Å². The number of hydrogen-bond donors (Lipinski definition) is 1. The molecule has 1 aromatic heterocycles. The molecule has 0 aliphatic rings. The number of rotatable bonds is 3. The van der Waals surface area contributed by atoms with Crippen molar-refractivity contribution in [2.24, 2.45) is 0 Å². The van der Waals surface area contributed by atoms with E-state index in [0.717, 1.165) is 11.4 Å². The summed E-state index contributed by atoms with van der Waals surface area (Å²) in [6, 6.07) is 11.8. The van der Waals surface area contributed by atoms with Crippen molar-refractivity contribution in [2.45, 2.75) is 13.0 Å². The maximum absolute atomic E-state index is 8.51. The Hall–Kier alpha value is -1.93. The van der Waals surface area contributed by atoms with E-state index in [1.807, 2.05) is 30.3 Å². The summed E-state index contributed by atoms with van der Waals surface area (Å²) >= 11 is 5.10. The van der Waals surface area contributed by atoms with E-state index in [4.69, 9.17) is 17.5 Å². The van der Waals surface area contributed by atoms with E-state index in [1.165, 1.54) is 0 Å². The molecule has 2 rings (SSSR count). The number of nitrogens with one attached hydrogen (secondary N) is 1. The number of H-pyrrole nitrogens is 1. The Morgan fingerprint density at radius 1 is 1.38 bits per heavy atom. The number of nitrogens with zero attached hydrogens (tertiary/aromatic N) is 3. The minimum atomic E-state index is 0.421. The zero-order chi connectivity index (χ0) is 11.4. The summed E-state index contributed by atoms with van der Waals surface area (Å²) in [5.41, 5.74) is 0.990. The van der Waals surface area contributed by atoms with Crippen molar-refractivity contribution < 1.29 is 0 Å². The van der Waals surface area contributed by atoms with Crippen LogP contribution in [0.2, 0.25) is 0 Å². The molecule has 80 valence electrons. The average Bonchev–Trinajstić information content (AvgIpc) is 2.69. The van der Waals surface area contributed by atoms with Gasteiger partial charge in [0, 0.05) is 5.56 Å². The Morgan fingerprint density at radius 3 is 2.81 bits per heavy atom. The monoisotopic (exact) mass is 230 g/mol. The van der Waals surface area contributed by atoms with Crippen molar-refractivity contribution in [1.29, 1.82) is 5.26 Å². The van der Waals surface area contributed by atoms with Crippen LogP contribution in [0.5, 0.6) is 0 Å². The molecule has 16 heavy (non-hydrogen) atoms. The fourth-order valence-corrected chi connectivity index (χ4v) is 1.62. The second kappa shape index (κ2) is 4.73. The SMILES string of the molecule is N#CCCn1[nH]c(-c2ccccc2)nc1=S. The molecule has 0 saturated carbocycles. The molecule has 1 heterocycles. The smallest absolute Gasteiger partial charge is 0.216 e. The summed E-state index contributed by atoms with van der Waals surface area (Å²) in [7, 11) is 0. The van der Waals surface area contributed by atoms with E-state index >= 15 is 0 Å². The molecule has 1 N–H and O–H groups in total. The number of aromatic nitrogens is 3. The van der Waals surface area contributed by atoms with Crippen LogP contribution in [0.4, 0.5) is 0 Å². The van der Waals surface area contributed by atoms with Crippen LogP contribution in [-0.4, -0.2) is 14.8 Å². The largest absolute Gasteiger partial charge is 0.279 e. The number of aromatic amines is 1. The molecular formula is C11H10N4S. The topological polar surface area (TPSA) is 57.4 Å². The first-order chi connectivity index (χ1) is 7.81. The highest BCUT2D eigenvalue weighted by atomic mass is 32.1. The van der Waals surface area contributed by atoms with Gasteiger partial charge in [-0.1, -0.05) is 30.3 Å². The van der Waals surface area contributed by atoms with Crippen molar-refractivity contribution in [1.82, 2.24) is 14.8 Å². The molecule has 0 radical (unpaired) electrons. The lowest BCUT2D eigenvalue weighted by atomic mass is 10.2. The van der Waals surface area contributed by atoms with Gasteiger partial charge in [0.1, 0.15) is 0 Å². The van der Waals surface area contributed by atoms with Gasteiger partial charge in [-0.2, -0.15) is 10.2 Å². The quantitative estimate of drug-likeness (QED) is 0.824. The van der Waals surface area contributed by atoms with E-state index in [9.17, 15) is 0 Å². The second-order valence-corrected chi connectivity index (χ2v) is 3.65. The molecule has 0 atom stereocenters. The fraction of sp³-hybridized carbons (Fsp3) is 0.182. The van der Waals surface area contributed by atoms with Gasteiger partial charge in [0.2, 0.25) is 4.77 Å². The van der Waals surface area contributed by atoms with Gasteiger partial charge in [0.05, 0.1) is 19.0 Å². The molecule has 2 aromatic rings. The minimum Gasteiger partial charge on any atom is -0.279 e. The Kier molecular flexibility index (Phi) is 3.13. The molecule has 0 bridgehead atoms. The van der Waals surface area contributed by atoms with Crippen molar-refractivity contribution in [3.8, 4) is 17.5 Å². The van der Waals surface area contributed by atoms with Gasteiger partial charge in [-0.3, -0.25) is 9.78 Å². The first-order valence-electron chi connectivity index (χ1n) is 4.90. The molecule has 0 unspecified atom stereocenters. The lowest BCUT2D eigenvalue weighted by Crippen LogP contribution is -1.99. The third kappa shape index (κ3) is 2.18. The molecule has 0 aliphatic carbocycles. The molecule has 1 aromatic carbocycles. The van der Waals surface area contributed by atoms with E-state index < -0.39 is 0 Å². The Bertz CT molecular complexity index is 562. The van der Waals surface area contributed by atoms with Crippen LogP contribution in [0.1, 0.15) is 6.42 Å². The minimum absolute atomic E-state index is 0.421. The van der Waals surface area contributed by atoms with Crippen molar-refractivity contribution in [3.05, 3.63) is 35.1 Å². The van der Waals surface area contributed by atoms with Crippen LogP contribution in [0, 0.1) is 16.1 Å². The number of benzene rings is 1. The first kappa shape index (κ1) is 10.6. The van der Waals surface area contributed by atoms with Crippen LogP contribution in [-0.2, 0) is 6.54 Å². The van der Waals surface area contributed by atoms with Gasteiger partial charge < -0.3 is 0 Å². The summed E-state index contributed by atoms with van der Waals surface area (Å²) in [6.07, 6.45) is 0.421. The highest BCUT2D eigenvalue weighted by Gasteiger charge is 2.03. The molecule has 0 spiro atoms. The molecular weight excluding hydrogens is 220 g/mol. The van der Waals surface area contributed by atoms with Gasteiger partial charge in [-0.05, 0) is 12.2 Å². The second-order valence-electron chi connectivity index (χ2n) is 3.28. The third-order valence-electron chi connectivity index (χ3n) is 2.17. The maximum Gasteiger partial charge on any atom is 0.216 e. The molecule has 0 aliphatic heterocycles. The third-order valence-corrected chi connectivity index (χ3v) is 2.49. The number of hydrogen-bond acceptors (Lipinski definition) is 3. The number of aryl methyl sites for hydroxylation is 1. The maximum atomic E-state index is 8.51. The molecule has 5 heteroatoms. The van der Waals surface area contributed by atoms with Gasteiger partial charge in [0.25, 0.3) is 0 Å². The van der Waals surface area contributed by atoms with Crippen LogP contribution >= 0.6 is 12.2 Å². The van der Waals surface area contributed by atoms with Gasteiger partial charge >= 0.3 is 0 Å². The lowest BCUT2D eigenvalue weighted by Gasteiger charge is -1.97. The fourth-order valence-electron chi connectivity index (χ4n) is 1.40. The first-order valence-corrected chi connectivity index (χ1v) is 5.31.